The number of anilines is 6. The van der Waals surface area contributed by atoms with Gasteiger partial charge in [0.1, 0.15) is 0 Å². The molecule has 1 heterocycles. The van der Waals surface area contributed by atoms with Gasteiger partial charge in [0, 0.05) is 43.9 Å². The molecule has 0 N–H and O–H groups in total. The van der Waals surface area contributed by atoms with Crippen molar-refractivity contribution in [2.24, 2.45) is 0 Å². The van der Waals surface area contributed by atoms with Crippen molar-refractivity contribution in [2.45, 2.75) is 5.41 Å². The maximum atomic E-state index is 2.45. The fourth-order valence-electron chi connectivity index (χ4n) is 11.7. The summed E-state index contributed by atoms with van der Waals surface area (Å²) in [6, 6.07) is 107. The molecule has 348 valence electrons. The van der Waals surface area contributed by atoms with Gasteiger partial charge in [-0.2, -0.15) is 0 Å². The third kappa shape index (κ3) is 7.24. The van der Waals surface area contributed by atoms with E-state index in [4.69, 9.17) is 0 Å². The molecule has 1 aliphatic rings. The van der Waals surface area contributed by atoms with E-state index in [1.54, 1.807) is 0 Å². The summed E-state index contributed by atoms with van der Waals surface area (Å²) in [5.74, 6) is 0. The van der Waals surface area contributed by atoms with Gasteiger partial charge in [0.25, 0.3) is 0 Å². The van der Waals surface area contributed by atoms with E-state index in [9.17, 15) is 0 Å². The lowest BCUT2D eigenvalue weighted by Gasteiger charge is -2.35. The fourth-order valence-corrected chi connectivity index (χ4v) is 13.0. The van der Waals surface area contributed by atoms with E-state index in [1.165, 1.54) is 86.6 Å². The number of hydrogen-bond acceptors (Lipinski definition) is 3. The zero-order valence-corrected chi connectivity index (χ0v) is 41.3. The van der Waals surface area contributed by atoms with Crippen LogP contribution in [0.5, 0.6) is 0 Å². The topological polar surface area (TPSA) is 6.48 Å². The standard InChI is InChI=1S/C71H48N2S/c1-3-18-49(19-4-1)51-38-42-57(43-39-51)72(59-25-15-24-56(47-59)71(55-22-5-2-6-23-55)66-32-12-9-28-62(66)63-29-10-13-33-67(63)71)60-26-16-27-61(48-60)73(68-34-17-31-65-64-30-11-14-35-69(64)74-70(65)68)58-44-40-52(41-45-58)54-37-36-50-20-7-8-21-53(50)46-54/h1-48H. The molecular formula is C71H48N2S. The molecule has 12 aromatic carbocycles. The Morgan fingerprint density at radius 2 is 0.784 bits per heavy atom. The first-order chi connectivity index (χ1) is 36.7. The molecule has 0 fully saturated rings. The van der Waals surface area contributed by atoms with Crippen LogP contribution in [0.2, 0.25) is 0 Å². The van der Waals surface area contributed by atoms with Crippen molar-refractivity contribution in [1.82, 2.24) is 0 Å². The Labute approximate surface area is 436 Å². The van der Waals surface area contributed by atoms with Crippen LogP contribution in [0.25, 0.3) is 64.3 Å². The van der Waals surface area contributed by atoms with Crippen LogP contribution in [-0.2, 0) is 5.41 Å². The lowest BCUT2D eigenvalue weighted by Crippen LogP contribution is -2.28. The second-order valence-electron chi connectivity index (χ2n) is 19.2. The van der Waals surface area contributed by atoms with Crippen LogP contribution in [0.3, 0.4) is 0 Å². The van der Waals surface area contributed by atoms with Gasteiger partial charge in [-0.05, 0) is 139 Å². The first kappa shape index (κ1) is 43.5. The average Bonchev–Trinajstić information content (AvgIpc) is 4.08. The second kappa shape index (κ2) is 18.1. The molecule has 0 saturated heterocycles. The van der Waals surface area contributed by atoms with E-state index < -0.39 is 5.41 Å². The highest BCUT2D eigenvalue weighted by Gasteiger charge is 2.46. The van der Waals surface area contributed by atoms with E-state index in [1.807, 2.05) is 11.3 Å². The third-order valence-electron chi connectivity index (χ3n) is 15.1. The monoisotopic (exact) mass is 960 g/mol. The first-order valence-corrected chi connectivity index (χ1v) is 26.2. The van der Waals surface area contributed by atoms with Crippen LogP contribution in [-0.4, -0.2) is 0 Å². The van der Waals surface area contributed by atoms with Crippen molar-refractivity contribution in [1.29, 1.82) is 0 Å². The summed E-state index contributed by atoms with van der Waals surface area (Å²) < 4.78 is 2.53. The largest absolute Gasteiger partial charge is 0.310 e. The van der Waals surface area contributed by atoms with Crippen molar-refractivity contribution in [2.75, 3.05) is 9.80 Å². The normalized spacial score (nSPS) is 12.4. The second-order valence-corrected chi connectivity index (χ2v) is 20.3. The van der Waals surface area contributed by atoms with E-state index in [-0.39, 0.29) is 0 Å². The number of thiophene rings is 1. The van der Waals surface area contributed by atoms with Gasteiger partial charge >= 0.3 is 0 Å². The highest BCUT2D eigenvalue weighted by molar-refractivity contribution is 7.26. The van der Waals surface area contributed by atoms with Gasteiger partial charge < -0.3 is 9.80 Å². The molecule has 0 amide bonds. The lowest BCUT2D eigenvalue weighted by molar-refractivity contribution is 0.768. The summed E-state index contributed by atoms with van der Waals surface area (Å²) in [4.78, 5) is 4.89. The minimum Gasteiger partial charge on any atom is -0.310 e. The maximum Gasteiger partial charge on any atom is 0.0714 e. The summed E-state index contributed by atoms with van der Waals surface area (Å²) in [7, 11) is 0. The van der Waals surface area contributed by atoms with Gasteiger partial charge in [-0.15, -0.1) is 11.3 Å². The molecule has 0 atom stereocenters. The van der Waals surface area contributed by atoms with Crippen LogP contribution >= 0.6 is 11.3 Å². The number of rotatable bonds is 10. The van der Waals surface area contributed by atoms with Crippen LogP contribution in [0.4, 0.5) is 34.1 Å². The quantitative estimate of drug-likeness (QED) is 0.135. The van der Waals surface area contributed by atoms with Crippen molar-refractivity contribution >= 4 is 76.4 Å². The number of nitrogens with zero attached hydrogens (tertiary/aromatic N) is 2. The summed E-state index contributed by atoms with van der Waals surface area (Å²) in [5, 5.41) is 5.02. The Kier molecular flexibility index (Phi) is 10.6. The van der Waals surface area contributed by atoms with Crippen molar-refractivity contribution in [3.63, 3.8) is 0 Å². The fraction of sp³-hybridized carbons (Fsp3) is 0.0141. The number of hydrogen-bond donors (Lipinski definition) is 0. The molecule has 74 heavy (non-hydrogen) atoms. The third-order valence-corrected chi connectivity index (χ3v) is 16.3. The highest BCUT2D eigenvalue weighted by atomic mass is 32.1. The predicted molar refractivity (Wildman–Crippen MR) is 314 cm³/mol. The highest BCUT2D eigenvalue weighted by Crippen LogP contribution is 2.57. The van der Waals surface area contributed by atoms with E-state index in [0.29, 0.717) is 0 Å². The molecule has 0 aliphatic heterocycles. The van der Waals surface area contributed by atoms with Crippen LogP contribution < -0.4 is 9.80 Å². The molecule has 0 bridgehead atoms. The lowest BCUT2D eigenvalue weighted by atomic mass is 9.67. The van der Waals surface area contributed by atoms with Crippen molar-refractivity contribution in [3.8, 4) is 33.4 Å². The molecule has 0 unspecified atom stereocenters. The van der Waals surface area contributed by atoms with Gasteiger partial charge in [0.15, 0.2) is 0 Å². The van der Waals surface area contributed by atoms with Crippen molar-refractivity contribution in [3.05, 3.63) is 313 Å². The Hall–Kier alpha value is -9.28. The molecule has 1 aliphatic carbocycles. The smallest absolute Gasteiger partial charge is 0.0714 e. The maximum absolute atomic E-state index is 2.45. The molecule has 2 nitrogen and oxygen atoms in total. The van der Waals surface area contributed by atoms with E-state index in [0.717, 1.165) is 34.1 Å². The van der Waals surface area contributed by atoms with Gasteiger partial charge in [-0.25, -0.2) is 0 Å². The van der Waals surface area contributed by atoms with Gasteiger partial charge in [-0.3, -0.25) is 0 Å². The minimum absolute atomic E-state index is 0.548. The predicted octanol–water partition coefficient (Wildman–Crippen LogP) is 19.8. The zero-order chi connectivity index (χ0) is 49.0. The van der Waals surface area contributed by atoms with Crippen molar-refractivity contribution < 1.29 is 0 Å². The summed E-state index contributed by atoms with van der Waals surface area (Å²) in [6.45, 7) is 0. The molecule has 13 aromatic rings. The summed E-state index contributed by atoms with van der Waals surface area (Å²) >= 11 is 1.86. The molecule has 3 heteroatoms. The molecule has 0 spiro atoms. The SMILES string of the molecule is c1ccc(-c2ccc(N(c3cccc(N(c4ccc(-c5ccc6ccccc6c5)cc4)c4cccc5c4sc4ccccc45)c3)c3cccc(C4(c5ccccc5)c5ccccc5-c5ccccc54)c3)cc2)cc1. The Balaban J connectivity index is 0.960. The summed E-state index contributed by atoms with van der Waals surface area (Å²) in [5.41, 5.74) is 18.3. The van der Waals surface area contributed by atoms with Gasteiger partial charge in [-0.1, -0.05) is 218 Å². The van der Waals surface area contributed by atoms with Gasteiger partial charge in [0.2, 0.25) is 0 Å². The average molecular weight is 961 g/mol. The first-order valence-electron chi connectivity index (χ1n) is 25.4. The van der Waals surface area contributed by atoms with Crippen LogP contribution in [0.15, 0.2) is 291 Å². The van der Waals surface area contributed by atoms with E-state index in [2.05, 4.69) is 301 Å². The van der Waals surface area contributed by atoms with Crippen LogP contribution in [0.1, 0.15) is 22.3 Å². The Morgan fingerprint density at radius 1 is 0.284 bits per heavy atom. The van der Waals surface area contributed by atoms with E-state index >= 15 is 0 Å². The molecular weight excluding hydrogens is 913 g/mol. The van der Waals surface area contributed by atoms with Gasteiger partial charge in [0.05, 0.1) is 15.8 Å². The van der Waals surface area contributed by atoms with Crippen LogP contribution in [0, 0.1) is 0 Å². The number of benzene rings is 12. The minimum atomic E-state index is -0.548. The summed E-state index contributed by atoms with van der Waals surface area (Å²) in [6.07, 6.45) is 0. The Bertz CT molecular complexity index is 4150. The zero-order valence-electron chi connectivity index (χ0n) is 40.5. The number of fused-ring (bicyclic) bond motifs is 7. The molecule has 0 saturated carbocycles. The Morgan fingerprint density at radius 3 is 1.51 bits per heavy atom. The molecule has 0 radical (unpaired) electrons. The molecule has 1 aromatic heterocycles. The molecule has 14 rings (SSSR count).